The maximum Gasteiger partial charge on any atom is 0.253 e. The molecule has 3 N–H and O–H groups in total. The molecule has 0 radical (unpaired) electrons. The van der Waals surface area contributed by atoms with Gasteiger partial charge in [0.2, 0.25) is 0 Å². The molecule has 0 aliphatic carbocycles. The standard InChI is InChI=1S/C13H12I3NO5/c14-9-2-10(15)11(13(22)17-6(3-18)4-19)12(16)8(9)1-7(21)5-20/h2,5-6,18-19H,1,3-4H2,(H,17,22). The zero-order valence-electron chi connectivity index (χ0n) is 11.1. The topological polar surface area (TPSA) is 104 Å². The van der Waals surface area contributed by atoms with Gasteiger partial charge in [-0.3, -0.25) is 14.4 Å². The van der Waals surface area contributed by atoms with Crippen LogP contribution in [0.5, 0.6) is 0 Å². The fourth-order valence-corrected chi connectivity index (χ4v) is 5.87. The van der Waals surface area contributed by atoms with E-state index in [0.29, 0.717) is 18.3 Å². The van der Waals surface area contributed by atoms with Crippen molar-refractivity contribution in [2.24, 2.45) is 0 Å². The summed E-state index contributed by atoms with van der Waals surface area (Å²) in [6, 6.07) is 0.997. The van der Waals surface area contributed by atoms with E-state index in [1.807, 2.05) is 45.2 Å². The number of ketones is 1. The first-order valence-electron chi connectivity index (χ1n) is 6.02. The molecule has 0 fully saturated rings. The highest BCUT2D eigenvalue weighted by molar-refractivity contribution is 14.1. The van der Waals surface area contributed by atoms with Crippen LogP contribution in [0.15, 0.2) is 6.07 Å². The van der Waals surface area contributed by atoms with Crippen molar-refractivity contribution in [1.29, 1.82) is 0 Å². The van der Waals surface area contributed by atoms with Crippen LogP contribution >= 0.6 is 67.8 Å². The van der Waals surface area contributed by atoms with E-state index in [2.05, 4.69) is 27.9 Å². The number of halogens is 3. The lowest BCUT2D eigenvalue weighted by atomic mass is 10.1. The Labute approximate surface area is 167 Å². The number of aldehydes is 1. The van der Waals surface area contributed by atoms with Gasteiger partial charge in [0.15, 0.2) is 12.1 Å². The van der Waals surface area contributed by atoms with Gasteiger partial charge in [0, 0.05) is 17.1 Å². The molecular weight excluding hydrogens is 631 g/mol. The Balaban J connectivity index is 3.24. The Bertz CT molecular complexity index is 602. The summed E-state index contributed by atoms with van der Waals surface area (Å²) in [5.41, 5.74) is 0.982. The number of rotatable bonds is 7. The van der Waals surface area contributed by atoms with Gasteiger partial charge >= 0.3 is 0 Å². The van der Waals surface area contributed by atoms with Crippen molar-refractivity contribution in [2.75, 3.05) is 13.2 Å². The Morgan fingerprint density at radius 2 is 1.77 bits per heavy atom. The van der Waals surface area contributed by atoms with E-state index in [4.69, 9.17) is 10.2 Å². The predicted octanol–water partition coefficient (Wildman–Crippen LogP) is 0.894. The number of Topliss-reactive ketones (excluding diaryl/α,β-unsaturated/α-hetero) is 1. The molecule has 0 saturated heterocycles. The maximum absolute atomic E-state index is 12.3. The molecule has 1 amide bonds. The summed E-state index contributed by atoms with van der Waals surface area (Å²) >= 11 is 6.02. The molecular formula is C13H12I3NO5. The molecule has 0 unspecified atom stereocenters. The van der Waals surface area contributed by atoms with Gasteiger partial charge < -0.3 is 15.5 Å². The summed E-state index contributed by atoms with van der Waals surface area (Å²) in [6.07, 6.45) is 0.193. The number of nitrogens with one attached hydrogen (secondary N) is 1. The number of carbonyl (C=O) groups excluding carboxylic acids is 3. The normalized spacial score (nSPS) is 10.6. The number of hydrogen-bond acceptors (Lipinski definition) is 5. The van der Waals surface area contributed by atoms with E-state index in [1.165, 1.54) is 0 Å². The van der Waals surface area contributed by atoms with Crippen molar-refractivity contribution >= 4 is 85.7 Å². The zero-order valence-corrected chi connectivity index (χ0v) is 17.6. The molecule has 1 rings (SSSR count). The minimum Gasteiger partial charge on any atom is -0.394 e. The first kappa shape index (κ1) is 20.2. The molecule has 0 heterocycles. The van der Waals surface area contributed by atoms with Crippen molar-refractivity contribution in [2.45, 2.75) is 12.5 Å². The van der Waals surface area contributed by atoms with E-state index in [0.717, 1.165) is 3.57 Å². The lowest BCUT2D eigenvalue weighted by molar-refractivity contribution is -0.129. The SMILES string of the molecule is O=CC(=O)Cc1c(I)cc(I)c(C(=O)NC(CO)CO)c1I. The van der Waals surface area contributed by atoms with Crippen LogP contribution in [0.3, 0.4) is 0 Å². The molecule has 0 atom stereocenters. The Kier molecular flexibility index (Phi) is 8.66. The Morgan fingerprint density at radius 3 is 2.27 bits per heavy atom. The summed E-state index contributed by atoms with van der Waals surface area (Å²) < 4.78 is 2.05. The number of aliphatic hydroxyl groups is 2. The van der Waals surface area contributed by atoms with Gasteiger partial charge in [0.25, 0.3) is 5.91 Å². The number of amides is 1. The number of hydrogen-bond donors (Lipinski definition) is 3. The van der Waals surface area contributed by atoms with Crippen molar-refractivity contribution in [3.8, 4) is 0 Å². The minimum atomic E-state index is -0.751. The Morgan fingerprint density at radius 1 is 1.18 bits per heavy atom. The van der Waals surface area contributed by atoms with E-state index in [-0.39, 0.29) is 25.9 Å². The smallest absolute Gasteiger partial charge is 0.253 e. The molecule has 120 valence electrons. The second kappa shape index (κ2) is 9.44. The summed E-state index contributed by atoms with van der Waals surface area (Å²) in [6.45, 7) is -0.757. The largest absolute Gasteiger partial charge is 0.394 e. The van der Waals surface area contributed by atoms with E-state index >= 15 is 0 Å². The molecule has 0 bridgehead atoms. The van der Waals surface area contributed by atoms with Crippen LogP contribution < -0.4 is 5.32 Å². The quantitative estimate of drug-likeness (QED) is 0.233. The maximum atomic E-state index is 12.3. The van der Waals surface area contributed by atoms with Crippen molar-refractivity contribution < 1.29 is 24.6 Å². The number of benzene rings is 1. The summed E-state index contributed by atoms with van der Waals surface area (Å²) in [5.74, 6) is -1.01. The summed E-state index contributed by atoms with van der Waals surface area (Å²) in [4.78, 5) is 34.3. The lowest BCUT2D eigenvalue weighted by Crippen LogP contribution is -2.40. The third-order valence-corrected chi connectivity index (χ3v) is 5.75. The molecule has 6 nitrogen and oxygen atoms in total. The van der Waals surface area contributed by atoms with E-state index in [9.17, 15) is 14.4 Å². The molecule has 0 aliphatic rings. The average molecular weight is 643 g/mol. The van der Waals surface area contributed by atoms with Crippen LogP contribution in [-0.4, -0.2) is 47.4 Å². The molecule has 0 aromatic heterocycles. The molecule has 0 saturated carbocycles. The monoisotopic (exact) mass is 643 g/mol. The van der Waals surface area contributed by atoms with Gasteiger partial charge in [0.05, 0.1) is 24.8 Å². The third-order valence-electron chi connectivity index (χ3n) is 2.75. The minimum absolute atomic E-state index is 0.0688. The van der Waals surface area contributed by atoms with Gasteiger partial charge in [-0.2, -0.15) is 0 Å². The molecule has 1 aromatic rings. The Hall–Kier alpha value is 0.140. The third kappa shape index (κ3) is 5.07. The lowest BCUT2D eigenvalue weighted by Gasteiger charge is -2.17. The second-order valence-corrected chi connectivity index (χ2v) is 7.71. The highest BCUT2D eigenvalue weighted by atomic mass is 127. The first-order chi connectivity index (χ1) is 10.3. The van der Waals surface area contributed by atoms with Gasteiger partial charge in [-0.15, -0.1) is 0 Å². The van der Waals surface area contributed by atoms with Crippen molar-refractivity contribution in [3.63, 3.8) is 0 Å². The van der Waals surface area contributed by atoms with Crippen LogP contribution in [0.1, 0.15) is 15.9 Å². The van der Waals surface area contributed by atoms with Gasteiger partial charge in [0.1, 0.15) is 0 Å². The van der Waals surface area contributed by atoms with Crippen molar-refractivity contribution in [1.82, 2.24) is 5.32 Å². The fourth-order valence-electron chi connectivity index (χ4n) is 1.62. The predicted molar refractivity (Wildman–Crippen MR) is 105 cm³/mol. The molecule has 0 spiro atoms. The summed E-state index contributed by atoms with van der Waals surface area (Å²) in [5, 5.41) is 20.6. The highest BCUT2D eigenvalue weighted by Gasteiger charge is 2.22. The molecule has 9 heteroatoms. The second-order valence-electron chi connectivity index (χ2n) is 4.30. The first-order valence-corrected chi connectivity index (χ1v) is 9.26. The van der Waals surface area contributed by atoms with Gasteiger partial charge in [-0.25, -0.2) is 0 Å². The molecule has 22 heavy (non-hydrogen) atoms. The summed E-state index contributed by atoms with van der Waals surface area (Å²) in [7, 11) is 0. The van der Waals surface area contributed by atoms with Crippen LogP contribution in [-0.2, 0) is 16.0 Å². The van der Waals surface area contributed by atoms with Crippen molar-refractivity contribution in [3.05, 3.63) is 27.9 Å². The van der Waals surface area contributed by atoms with Crippen LogP contribution in [0.2, 0.25) is 0 Å². The van der Waals surface area contributed by atoms with Crippen LogP contribution in [0.4, 0.5) is 0 Å². The zero-order chi connectivity index (χ0) is 16.9. The highest BCUT2D eigenvalue weighted by Crippen LogP contribution is 2.28. The molecule has 1 aromatic carbocycles. The number of aliphatic hydroxyl groups excluding tert-OH is 2. The van der Waals surface area contributed by atoms with E-state index in [1.54, 1.807) is 6.07 Å². The van der Waals surface area contributed by atoms with E-state index < -0.39 is 17.7 Å². The average Bonchev–Trinajstić information content (AvgIpc) is 2.48. The van der Waals surface area contributed by atoms with Gasteiger partial charge in [-0.05, 0) is 79.4 Å². The molecule has 0 aliphatic heterocycles. The fraction of sp³-hybridized carbons (Fsp3) is 0.308. The van der Waals surface area contributed by atoms with Gasteiger partial charge in [-0.1, -0.05) is 0 Å². The van der Waals surface area contributed by atoms with Crippen LogP contribution in [0, 0.1) is 10.7 Å². The number of carbonyl (C=O) groups is 3. The van der Waals surface area contributed by atoms with Crippen LogP contribution in [0.25, 0.3) is 0 Å².